The van der Waals surface area contributed by atoms with Gasteiger partial charge < -0.3 is 10.4 Å². The van der Waals surface area contributed by atoms with Crippen LogP contribution in [0.25, 0.3) is 10.6 Å². The maximum Gasteiger partial charge on any atom is 0.263 e. The molecule has 1 aromatic heterocycles. The molecule has 7 heteroatoms. The Hall–Kier alpha value is -1.86. The second-order valence-electron chi connectivity index (χ2n) is 5.96. The van der Waals surface area contributed by atoms with Crippen LogP contribution in [-0.4, -0.2) is 28.1 Å². The van der Waals surface area contributed by atoms with E-state index in [0.717, 1.165) is 36.3 Å². The maximum absolute atomic E-state index is 13.3. The molecule has 2 aromatic rings. The molecule has 0 saturated heterocycles. The van der Waals surface area contributed by atoms with Crippen LogP contribution >= 0.6 is 11.3 Å². The average Bonchev–Trinajstić information content (AvgIpc) is 3.28. The number of amides is 1. The molecule has 1 aliphatic rings. The van der Waals surface area contributed by atoms with Gasteiger partial charge in [-0.25, -0.2) is 13.8 Å². The summed E-state index contributed by atoms with van der Waals surface area (Å²) < 4.78 is 26.3. The Morgan fingerprint density at radius 3 is 2.78 bits per heavy atom. The van der Waals surface area contributed by atoms with Gasteiger partial charge in [0, 0.05) is 5.56 Å². The van der Waals surface area contributed by atoms with Crippen molar-refractivity contribution in [3.8, 4) is 10.6 Å². The highest BCUT2D eigenvalue weighted by molar-refractivity contribution is 7.16. The van der Waals surface area contributed by atoms with Crippen LogP contribution in [0.5, 0.6) is 0 Å². The Kier molecular flexibility index (Phi) is 4.16. The second-order valence-corrected chi connectivity index (χ2v) is 6.99. The van der Waals surface area contributed by atoms with Gasteiger partial charge in [0.15, 0.2) is 11.6 Å². The number of carbonyl (C=O) groups excluding carboxylic acids is 1. The first kappa shape index (κ1) is 16.0. The van der Waals surface area contributed by atoms with Crippen molar-refractivity contribution in [1.29, 1.82) is 0 Å². The van der Waals surface area contributed by atoms with Crippen molar-refractivity contribution in [1.82, 2.24) is 10.3 Å². The lowest BCUT2D eigenvalue weighted by Crippen LogP contribution is -2.50. The van der Waals surface area contributed by atoms with Crippen LogP contribution in [0, 0.1) is 17.6 Å². The van der Waals surface area contributed by atoms with Gasteiger partial charge in [-0.2, -0.15) is 0 Å². The molecule has 1 heterocycles. The number of hydrogen-bond donors (Lipinski definition) is 2. The van der Waals surface area contributed by atoms with Gasteiger partial charge in [0.1, 0.15) is 9.88 Å². The third-order valence-electron chi connectivity index (χ3n) is 4.10. The van der Waals surface area contributed by atoms with Crippen molar-refractivity contribution in [3.63, 3.8) is 0 Å². The molecule has 0 radical (unpaired) electrons. The number of carbonyl (C=O) groups is 1. The first-order valence-electron chi connectivity index (χ1n) is 7.27. The van der Waals surface area contributed by atoms with E-state index in [1.807, 2.05) is 6.92 Å². The molecule has 0 spiro atoms. The van der Waals surface area contributed by atoms with Gasteiger partial charge in [-0.3, -0.25) is 4.79 Å². The van der Waals surface area contributed by atoms with Crippen LogP contribution in [0.3, 0.4) is 0 Å². The fraction of sp³-hybridized carbons (Fsp3) is 0.375. The summed E-state index contributed by atoms with van der Waals surface area (Å²) >= 11 is 1.10. The fourth-order valence-corrected chi connectivity index (χ4v) is 3.26. The highest BCUT2D eigenvalue weighted by Gasteiger charge is 2.42. The number of aliphatic hydroxyl groups excluding tert-OH is 1. The molecular formula is C16H16F2N2O2S. The summed E-state index contributed by atoms with van der Waals surface area (Å²) in [5.41, 5.74) is -0.219. The van der Waals surface area contributed by atoms with Crippen LogP contribution in [0.15, 0.2) is 24.4 Å². The Bertz CT molecular complexity index is 745. The van der Waals surface area contributed by atoms with Gasteiger partial charge in [0.05, 0.1) is 18.3 Å². The topological polar surface area (TPSA) is 62.2 Å². The quantitative estimate of drug-likeness (QED) is 0.881. The lowest BCUT2D eigenvalue weighted by atomic mass is 9.97. The maximum atomic E-state index is 13.3. The van der Waals surface area contributed by atoms with E-state index in [2.05, 4.69) is 10.3 Å². The van der Waals surface area contributed by atoms with E-state index in [1.165, 1.54) is 12.3 Å². The standard InChI is InChI=1S/C16H16F2N2O2S/c1-16(8-21,10-3-4-10)20-14(22)13-7-19-15(23-13)9-2-5-11(17)12(18)6-9/h2,5-7,10,21H,3-4,8H2,1H3,(H,20,22). The van der Waals surface area contributed by atoms with E-state index >= 15 is 0 Å². The van der Waals surface area contributed by atoms with Crippen molar-refractivity contribution in [2.75, 3.05) is 6.61 Å². The third-order valence-corrected chi connectivity index (χ3v) is 5.15. The molecule has 1 fully saturated rings. The molecule has 23 heavy (non-hydrogen) atoms. The number of aliphatic hydroxyl groups is 1. The minimum Gasteiger partial charge on any atom is -0.394 e. The minimum atomic E-state index is -0.953. The lowest BCUT2D eigenvalue weighted by Gasteiger charge is -2.28. The molecule has 1 atom stereocenters. The Balaban J connectivity index is 1.78. The summed E-state index contributed by atoms with van der Waals surface area (Å²) in [5.74, 6) is -1.91. The first-order chi connectivity index (χ1) is 10.9. The van der Waals surface area contributed by atoms with E-state index in [4.69, 9.17) is 0 Å². The monoisotopic (exact) mass is 338 g/mol. The van der Waals surface area contributed by atoms with Crippen molar-refractivity contribution < 1.29 is 18.7 Å². The number of halogens is 2. The van der Waals surface area contributed by atoms with Gasteiger partial charge >= 0.3 is 0 Å². The zero-order valence-electron chi connectivity index (χ0n) is 12.5. The van der Waals surface area contributed by atoms with E-state index in [1.54, 1.807) is 0 Å². The minimum absolute atomic E-state index is 0.127. The van der Waals surface area contributed by atoms with Crippen LogP contribution in [0.2, 0.25) is 0 Å². The van der Waals surface area contributed by atoms with Crippen molar-refractivity contribution in [3.05, 3.63) is 40.9 Å². The van der Waals surface area contributed by atoms with Gasteiger partial charge in [-0.05, 0) is 43.9 Å². The molecule has 0 aliphatic heterocycles. The van der Waals surface area contributed by atoms with Gasteiger partial charge in [0.2, 0.25) is 0 Å². The molecule has 3 rings (SSSR count). The molecule has 1 aliphatic carbocycles. The van der Waals surface area contributed by atoms with Crippen LogP contribution in [0.1, 0.15) is 29.4 Å². The largest absolute Gasteiger partial charge is 0.394 e. The van der Waals surface area contributed by atoms with Crippen LogP contribution < -0.4 is 5.32 Å². The predicted molar refractivity (Wildman–Crippen MR) is 83.1 cm³/mol. The average molecular weight is 338 g/mol. The Morgan fingerprint density at radius 2 is 2.17 bits per heavy atom. The number of rotatable bonds is 5. The lowest BCUT2D eigenvalue weighted by molar-refractivity contribution is 0.0828. The van der Waals surface area contributed by atoms with Crippen LogP contribution in [-0.2, 0) is 0 Å². The molecule has 122 valence electrons. The molecule has 2 N–H and O–H groups in total. The second kappa shape index (κ2) is 5.98. The Morgan fingerprint density at radius 1 is 1.43 bits per heavy atom. The molecule has 0 bridgehead atoms. The van der Waals surface area contributed by atoms with E-state index in [-0.39, 0.29) is 18.4 Å². The number of benzene rings is 1. The number of nitrogens with one attached hydrogen (secondary N) is 1. The zero-order valence-corrected chi connectivity index (χ0v) is 13.3. The highest BCUT2D eigenvalue weighted by atomic mass is 32.1. The van der Waals surface area contributed by atoms with Crippen molar-refractivity contribution >= 4 is 17.2 Å². The molecular weight excluding hydrogens is 322 g/mol. The summed E-state index contributed by atoms with van der Waals surface area (Å²) in [4.78, 5) is 16.8. The number of thiazole rings is 1. The third kappa shape index (κ3) is 3.25. The van der Waals surface area contributed by atoms with Gasteiger partial charge in [0.25, 0.3) is 5.91 Å². The SMILES string of the molecule is CC(CO)(NC(=O)c1cnc(-c2ccc(F)c(F)c2)s1)C1CC1. The summed E-state index contributed by atoms with van der Waals surface area (Å²) in [6.45, 7) is 1.69. The molecule has 1 saturated carbocycles. The molecule has 1 unspecified atom stereocenters. The van der Waals surface area contributed by atoms with E-state index in [0.29, 0.717) is 15.4 Å². The number of aromatic nitrogens is 1. The molecule has 1 amide bonds. The Labute approximate surface area is 136 Å². The fourth-order valence-electron chi connectivity index (χ4n) is 2.45. The molecule has 4 nitrogen and oxygen atoms in total. The first-order valence-corrected chi connectivity index (χ1v) is 8.09. The summed E-state index contributed by atoms with van der Waals surface area (Å²) in [7, 11) is 0. The predicted octanol–water partition coefficient (Wildman–Crippen LogP) is 2.98. The summed E-state index contributed by atoms with van der Waals surface area (Å²) in [6, 6.07) is 3.50. The van der Waals surface area contributed by atoms with Gasteiger partial charge in [-0.15, -0.1) is 11.3 Å². The van der Waals surface area contributed by atoms with Crippen molar-refractivity contribution in [2.24, 2.45) is 5.92 Å². The summed E-state index contributed by atoms with van der Waals surface area (Å²) in [5, 5.41) is 12.8. The summed E-state index contributed by atoms with van der Waals surface area (Å²) in [6.07, 6.45) is 3.38. The van der Waals surface area contributed by atoms with Crippen molar-refractivity contribution in [2.45, 2.75) is 25.3 Å². The van der Waals surface area contributed by atoms with E-state index < -0.39 is 17.2 Å². The highest BCUT2D eigenvalue weighted by Crippen LogP contribution is 2.39. The smallest absolute Gasteiger partial charge is 0.263 e. The normalized spacial score (nSPS) is 16.9. The number of nitrogens with zero attached hydrogens (tertiary/aromatic N) is 1. The van der Waals surface area contributed by atoms with E-state index in [9.17, 15) is 18.7 Å². The zero-order chi connectivity index (χ0) is 16.6. The number of hydrogen-bond acceptors (Lipinski definition) is 4. The molecule has 1 aromatic carbocycles. The van der Waals surface area contributed by atoms with Gasteiger partial charge in [-0.1, -0.05) is 0 Å². The van der Waals surface area contributed by atoms with Crippen LogP contribution in [0.4, 0.5) is 8.78 Å².